The molecule has 1 rings (SSSR count). The highest BCUT2D eigenvalue weighted by molar-refractivity contribution is 7.89. The second kappa shape index (κ2) is 8.55. The van der Waals surface area contributed by atoms with Crippen LogP contribution < -0.4 is 10.5 Å². The number of rotatable bonds is 7. The Balaban J connectivity index is 2.86. The molecule has 0 unspecified atom stereocenters. The molecular weight excluding hydrogens is 294 g/mol. The number of oxime groups is 1. The summed E-state index contributed by atoms with van der Waals surface area (Å²) in [5, 5.41) is 12.1. The molecule has 0 amide bonds. The molecule has 1 aliphatic carbocycles. The highest BCUT2D eigenvalue weighted by Crippen LogP contribution is 2.27. The normalized spacial score (nSPS) is 20.7. The van der Waals surface area contributed by atoms with Gasteiger partial charge in [0.15, 0.2) is 5.84 Å². The Labute approximate surface area is 127 Å². The van der Waals surface area contributed by atoms with Crippen LogP contribution in [0.3, 0.4) is 0 Å². The van der Waals surface area contributed by atoms with Gasteiger partial charge < -0.3 is 15.7 Å². The fourth-order valence-corrected chi connectivity index (χ4v) is 4.26. The number of hydrogen-bond acceptors (Lipinski definition) is 5. The molecule has 0 saturated heterocycles. The summed E-state index contributed by atoms with van der Waals surface area (Å²) in [6.45, 7) is 0.386. The van der Waals surface area contributed by atoms with E-state index in [0.29, 0.717) is 25.9 Å². The summed E-state index contributed by atoms with van der Waals surface area (Å²) < 4.78 is 32.0. The summed E-state index contributed by atoms with van der Waals surface area (Å²) in [6.07, 6.45) is 6.47. The zero-order chi connectivity index (χ0) is 15.8. The molecule has 4 N–H and O–H groups in total. The summed E-state index contributed by atoms with van der Waals surface area (Å²) in [4.78, 5) is 0. The van der Waals surface area contributed by atoms with E-state index in [-0.39, 0.29) is 11.6 Å². The number of amidine groups is 1. The van der Waals surface area contributed by atoms with Gasteiger partial charge in [0, 0.05) is 13.7 Å². The summed E-state index contributed by atoms with van der Waals surface area (Å²) in [6, 6.07) is 0. The van der Waals surface area contributed by atoms with Crippen LogP contribution in [0.2, 0.25) is 0 Å². The Morgan fingerprint density at radius 2 is 1.86 bits per heavy atom. The zero-order valence-electron chi connectivity index (χ0n) is 12.7. The van der Waals surface area contributed by atoms with Gasteiger partial charge in [0.2, 0.25) is 10.0 Å². The first-order valence-electron chi connectivity index (χ1n) is 7.44. The van der Waals surface area contributed by atoms with Crippen LogP contribution in [0.5, 0.6) is 0 Å². The Bertz CT molecular complexity index is 429. The van der Waals surface area contributed by atoms with Crippen LogP contribution in [0.1, 0.15) is 51.4 Å². The van der Waals surface area contributed by atoms with Gasteiger partial charge in [0.05, 0.1) is 11.3 Å². The molecule has 0 atom stereocenters. The van der Waals surface area contributed by atoms with E-state index in [4.69, 9.17) is 15.7 Å². The van der Waals surface area contributed by atoms with Crippen molar-refractivity contribution in [3.8, 4) is 0 Å². The molecule has 0 aromatic heterocycles. The zero-order valence-corrected chi connectivity index (χ0v) is 13.5. The number of ether oxygens (including phenoxy) is 1. The highest BCUT2D eigenvalue weighted by atomic mass is 32.2. The SMILES string of the molecule is COCCCS(=O)(=O)NC1(C(N)=NO)CCCCCCC1. The minimum atomic E-state index is -3.50. The molecule has 0 aromatic carbocycles. The third-order valence-electron chi connectivity index (χ3n) is 3.92. The standard InChI is InChI=1S/C13H27N3O4S/c1-20-10-7-11-21(18,19)16-13(12(14)15-17)8-5-3-2-4-6-9-13/h16-17H,2-11H2,1H3,(H2,14,15). The fraction of sp³-hybridized carbons (Fsp3) is 0.923. The van der Waals surface area contributed by atoms with Gasteiger partial charge in [-0.05, 0) is 19.3 Å². The molecule has 124 valence electrons. The van der Waals surface area contributed by atoms with Gasteiger partial charge in [0.25, 0.3) is 0 Å². The molecule has 0 heterocycles. The van der Waals surface area contributed by atoms with Crippen molar-refractivity contribution in [3.05, 3.63) is 0 Å². The predicted octanol–water partition coefficient (Wildman–Crippen LogP) is 1.17. The summed E-state index contributed by atoms with van der Waals surface area (Å²) in [5.74, 6) is -0.0684. The Morgan fingerprint density at radius 3 is 2.38 bits per heavy atom. The van der Waals surface area contributed by atoms with Gasteiger partial charge in [-0.15, -0.1) is 0 Å². The maximum atomic E-state index is 12.2. The van der Waals surface area contributed by atoms with Crippen molar-refractivity contribution in [1.82, 2.24) is 4.72 Å². The second-order valence-corrected chi connectivity index (χ2v) is 7.44. The van der Waals surface area contributed by atoms with Crippen molar-refractivity contribution in [3.63, 3.8) is 0 Å². The van der Waals surface area contributed by atoms with E-state index in [1.54, 1.807) is 0 Å². The third kappa shape index (κ3) is 5.80. The van der Waals surface area contributed by atoms with Crippen LogP contribution in [-0.4, -0.2) is 44.5 Å². The van der Waals surface area contributed by atoms with Crippen LogP contribution in [-0.2, 0) is 14.8 Å². The van der Waals surface area contributed by atoms with Crippen molar-refractivity contribution in [2.75, 3.05) is 19.5 Å². The van der Waals surface area contributed by atoms with Gasteiger partial charge in [-0.3, -0.25) is 0 Å². The van der Waals surface area contributed by atoms with E-state index >= 15 is 0 Å². The monoisotopic (exact) mass is 321 g/mol. The van der Waals surface area contributed by atoms with Crippen molar-refractivity contribution in [1.29, 1.82) is 0 Å². The van der Waals surface area contributed by atoms with Gasteiger partial charge in [-0.25, -0.2) is 13.1 Å². The first-order valence-corrected chi connectivity index (χ1v) is 9.09. The van der Waals surface area contributed by atoms with Crippen LogP contribution in [0, 0.1) is 0 Å². The van der Waals surface area contributed by atoms with E-state index in [1.807, 2.05) is 0 Å². The number of nitrogens with one attached hydrogen (secondary N) is 1. The Hall–Kier alpha value is -0.860. The lowest BCUT2D eigenvalue weighted by atomic mass is 9.84. The van der Waals surface area contributed by atoms with Crippen molar-refractivity contribution in [2.45, 2.75) is 56.9 Å². The molecule has 0 aliphatic heterocycles. The molecular formula is C13H27N3O4S. The lowest BCUT2D eigenvalue weighted by Crippen LogP contribution is -2.58. The first kappa shape index (κ1) is 18.2. The summed E-state index contributed by atoms with van der Waals surface area (Å²) in [5.41, 5.74) is 4.86. The average molecular weight is 321 g/mol. The lowest BCUT2D eigenvalue weighted by molar-refractivity contribution is 0.199. The molecule has 21 heavy (non-hydrogen) atoms. The Kier molecular flexibility index (Phi) is 7.41. The van der Waals surface area contributed by atoms with E-state index in [2.05, 4.69) is 9.88 Å². The van der Waals surface area contributed by atoms with Crippen LogP contribution in [0.15, 0.2) is 5.16 Å². The molecule has 0 radical (unpaired) electrons. The largest absolute Gasteiger partial charge is 0.409 e. The molecule has 0 aromatic rings. The third-order valence-corrected chi connectivity index (χ3v) is 5.45. The molecule has 0 spiro atoms. The van der Waals surface area contributed by atoms with Gasteiger partial charge in [-0.2, -0.15) is 0 Å². The number of methoxy groups -OCH3 is 1. The highest BCUT2D eigenvalue weighted by Gasteiger charge is 2.38. The lowest BCUT2D eigenvalue weighted by Gasteiger charge is -2.34. The minimum Gasteiger partial charge on any atom is -0.409 e. The van der Waals surface area contributed by atoms with Crippen LogP contribution >= 0.6 is 0 Å². The summed E-state index contributed by atoms with van der Waals surface area (Å²) >= 11 is 0. The van der Waals surface area contributed by atoms with E-state index < -0.39 is 15.6 Å². The molecule has 1 saturated carbocycles. The first-order chi connectivity index (χ1) is 9.96. The minimum absolute atomic E-state index is 0.0265. The smallest absolute Gasteiger partial charge is 0.212 e. The second-order valence-electron chi connectivity index (χ2n) is 5.60. The van der Waals surface area contributed by atoms with Crippen LogP contribution in [0.4, 0.5) is 0 Å². The predicted molar refractivity (Wildman–Crippen MR) is 81.9 cm³/mol. The molecule has 1 aliphatic rings. The number of hydrogen-bond donors (Lipinski definition) is 3. The molecule has 1 fully saturated rings. The molecule has 0 bridgehead atoms. The maximum Gasteiger partial charge on any atom is 0.212 e. The van der Waals surface area contributed by atoms with Gasteiger partial charge in [-0.1, -0.05) is 37.3 Å². The maximum absolute atomic E-state index is 12.2. The molecule has 7 nitrogen and oxygen atoms in total. The van der Waals surface area contributed by atoms with Gasteiger partial charge in [0.1, 0.15) is 0 Å². The quantitative estimate of drug-likeness (QED) is 0.214. The Morgan fingerprint density at radius 1 is 1.29 bits per heavy atom. The van der Waals surface area contributed by atoms with E-state index in [0.717, 1.165) is 32.1 Å². The summed E-state index contributed by atoms with van der Waals surface area (Å²) in [7, 11) is -1.96. The van der Waals surface area contributed by atoms with Crippen LogP contribution in [0.25, 0.3) is 0 Å². The molecule has 8 heteroatoms. The van der Waals surface area contributed by atoms with Crippen molar-refractivity contribution >= 4 is 15.9 Å². The van der Waals surface area contributed by atoms with Gasteiger partial charge >= 0.3 is 0 Å². The average Bonchev–Trinajstić information content (AvgIpc) is 2.41. The van der Waals surface area contributed by atoms with E-state index in [1.165, 1.54) is 7.11 Å². The topological polar surface area (TPSA) is 114 Å². The number of nitrogens with zero attached hydrogens (tertiary/aromatic N) is 1. The van der Waals surface area contributed by atoms with Crippen molar-refractivity contribution < 1.29 is 18.4 Å². The fourth-order valence-electron chi connectivity index (χ4n) is 2.76. The number of nitrogens with two attached hydrogens (primary N) is 1. The van der Waals surface area contributed by atoms with E-state index in [9.17, 15) is 8.42 Å². The van der Waals surface area contributed by atoms with Crippen molar-refractivity contribution in [2.24, 2.45) is 10.9 Å². The number of sulfonamides is 1.